The smallest absolute Gasteiger partial charge is 0.309 e. The summed E-state index contributed by atoms with van der Waals surface area (Å²) in [6.45, 7) is 4.69. The van der Waals surface area contributed by atoms with Gasteiger partial charge in [-0.1, -0.05) is 24.9 Å². The predicted octanol–water partition coefficient (Wildman–Crippen LogP) is 5.21. The number of hydrogen-bond donors (Lipinski definition) is 3. The summed E-state index contributed by atoms with van der Waals surface area (Å²) in [5.74, 6) is -0.00842. The number of hydrogen-bond acceptors (Lipinski definition) is 5. The minimum Gasteiger partial charge on any atom is -0.494 e. The number of amides is 2. The molecule has 4 unspecified atom stereocenters. The summed E-state index contributed by atoms with van der Waals surface area (Å²) in [6, 6.07) is 3.05. The van der Waals surface area contributed by atoms with E-state index in [9.17, 15) is 19.5 Å². The standard InChI is InChI=1S/C30H41ClN2O6/c1-29(9-4-10-29)16-32-27(35)23-17-5-6-18(13-17)24(23)33-26(34)21-14-20(15-22(31)25(21)38-3)39-19-7-11-30(2,12-8-19)28(36)37/h14-15,17-19,23-24H,4-13,16H2,1-3H3,(H,32,35)(H,33,34)(H,36,37). The number of fused-ring (bicyclic) bond motifs is 2. The predicted molar refractivity (Wildman–Crippen MR) is 147 cm³/mol. The monoisotopic (exact) mass is 560 g/mol. The van der Waals surface area contributed by atoms with E-state index in [0.717, 1.165) is 32.1 Å². The third-order valence-electron chi connectivity index (χ3n) is 10.1. The molecule has 5 rings (SSSR count). The van der Waals surface area contributed by atoms with Crippen molar-refractivity contribution in [2.45, 2.75) is 90.2 Å². The maximum atomic E-state index is 13.7. The summed E-state index contributed by atoms with van der Waals surface area (Å²) < 4.78 is 11.7. The second kappa shape index (κ2) is 10.8. The van der Waals surface area contributed by atoms with E-state index in [4.69, 9.17) is 21.1 Å². The fourth-order valence-corrected chi connectivity index (χ4v) is 7.53. The van der Waals surface area contributed by atoms with Gasteiger partial charge in [0, 0.05) is 18.7 Å². The van der Waals surface area contributed by atoms with Gasteiger partial charge in [0.15, 0.2) is 0 Å². The van der Waals surface area contributed by atoms with Crippen LogP contribution in [0, 0.1) is 28.6 Å². The van der Waals surface area contributed by atoms with Gasteiger partial charge in [0.05, 0.1) is 35.1 Å². The number of methoxy groups -OCH3 is 1. The molecular formula is C30H41ClN2O6. The fraction of sp³-hybridized carbons (Fsp3) is 0.700. The Morgan fingerprint density at radius 3 is 2.36 bits per heavy atom. The highest BCUT2D eigenvalue weighted by molar-refractivity contribution is 6.33. The molecule has 9 heteroatoms. The zero-order valence-electron chi connectivity index (χ0n) is 23.2. The van der Waals surface area contributed by atoms with Gasteiger partial charge in [-0.3, -0.25) is 14.4 Å². The molecule has 4 saturated carbocycles. The average molecular weight is 561 g/mol. The molecule has 3 N–H and O–H groups in total. The first-order chi connectivity index (χ1) is 18.5. The van der Waals surface area contributed by atoms with Crippen LogP contribution in [-0.2, 0) is 9.59 Å². The molecule has 2 bridgehead atoms. The maximum absolute atomic E-state index is 13.7. The first kappa shape index (κ1) is 28.1. The van der Waals surface area contributed by atoms with E-state index in [2.05, 4.69) is 17.6 Å². The van der Waals surface area contributed by atoms with Gasteiger partial charge >= 0.3 is 5.97 Å². The fourth-order valence-electron chi connectivity index (χ4n) is 7.25. The van der Waals surface area contributed by atoms with Crippen molar-refractivity contribution in [1.82, 2.24) is 10.6 Å². The van der Waals surface area contributed by atoms with Crippen molar-refractivity contribution in [2.24, 2.45) is 28.6 Å². The van der Waals surface area contributed by atoms with Crippen LogP contribution in [-0.4, -0.2) is 48.7 Å². The van der Waals surface area contributed by atoms with Crippen molar-refractivity contribution >= 4 is 29.4 Å². The second-order valence-corrected chi connectivity index (χ2v) is 13.3. The SMILES string of the molecule is COc1c(Cl)cc(OC2CCC(C)(C(=O)O)CC2)cc1C(=O)NC1C2CCC(C2)C1C(=O)NCC1(C)CCC1. The number of carbonyl (C=O) groups is 3. The molecule has 0 saturated heterocycles. The lowest BCUT2D eigenvalue weighted by Gasteiger charge is -2.39. The van der Waals surface area contributed by atoms with Crippen LogP contribution in [0.4, 0.5) is 0 Å². The van der Waals surface area contributed by atoms with Crippen LogP contribution in [0.25, 0.3) is 0 Å². The molecule has 8 nitrogen and oxygen atoms in total. The van der Waals surface area contributed by atoms with Crippen LogP contribution < -0.4 is 20.1 Å². The number of halogens is 1. The molecule has 1 aromatic carbocycles. The summed E-state index contributed by atoms with van der Waals surface area (Å²) in [4.78, 5) is 38.6. The van der Waals surface area contributed by atoms with Crippen LogP contribution in [0.5, 0.6) is 11.5 Å². The van der Waals surface area contributed by atoms with E-state index in [1.807, 2.05) is 0 Å². The molecule has 39 heavy (non-hydrogen) atoms. The Hall–Kier alpha value is -2.48. The highest BCUT2D eigenvalue weighted by Crippen LogP contribution is 2.49. The Labute approximate surface area is 235 Å². The third-order valence-corrected chi connectivity index (χ3v) is 10.4. The van der Waals surface area contributed by atoms with Crippen molar-refractivity contribution in [2.75, 3.05) is 13.7 Å². The molecule has 4 atom stereocenters. The van der Waals surface area contributed by atoms with Gasteiger partial charge in [-0.05, 0) is 88.0 Å². The first-order valence-electron chi connectivity index (χ1n) is 14.4. The summed E-state index contributed by atoms with van der Waals surface area (Å²) in [7, 11) is 1.47. The number of carboxylic acids is 1. The van der Waals surface area contributed by atoms with Crippen molar-refractivity contribution in [3.63, 3.8) is 0 Å². The van der Waals surface area contributed by atoms with Crippen molar-refractivity contribution in [3.05, 3.63) is 22.7 Å². The minimum absolute atomic E-state index is 0.0494. The zero-order chi connectivity index (χ0) is 27.9. The molecule has 0 aliphatic heterocycles. The Morgan fingerprint density at radius 1 is 1.05 bits per heavy atom. The van der Waals surface area contributed by atoms with Gasteiger partial charge in [0.1, 0.15) is 11.5 Å². The quantitative estimate of drug-likeness (QED) is 0.382. The summed E-state index contributed by atoms with van der Waals surface area (Å²) in [5, 5.41) is 16.2. The van der Waals surface area contributed by atoms with E-state index in [1.54, 1.807) is 19.1 Å². The Bertz CT molecular complexity index is 1130. The molecule has 0 heterocycles. The van der Waals surface area contributed by atoms with Crippen LogP contribution in [0.15, 0.2) is 12.1 Å². The van der Waals surface area contributed by atoms with E-state index in [1.165, 1.54) is 13.5 Å². The molecular weight excluding hydrogens is 520 g/mol. The van der Waals surface area contributed by atoms with Gasteiger partial charge in [0.25, 0.3) is 5.91 Å². The Balaban J connectivity index is 1.28. The normalized spacial score (nSPS) is 32.7. The van der Waals surface area contributed by atoms with Gasteiger partial charge in [0.2, 0.25) is 5.91 Å². The summed E-state index contributed by atoms with van der Waals surface area (Å²) in [5.41, 5.74) is -0.266. The third kappa shape index (κ3) is 5.59. The molecule has 1 aromatic rings. The van der Waals surface area contributed by atoms with E-state index in [-0.39, 0.29) is 63.5 Å². The van der Waals surface area contributed by atoms with Crippen LogP contribution in [0.2, 0.25) is 5.02 Å². The number of nitrogens with one attached hydrogen (secondary N) is 2. The second-order valence-electron chi connectivity index (χ2n) is 12.9. The van der Waals surface area contributed by atoms with Crippen molar-refractivity contribution in [1.29, 1.82) is 0 Å². The maximum Gasteiger partial charge on any atom is 0.309 e. The largest absolute Gasteiger partial charge is 0.494 e. The number of carboxylic acid groups (broad SMARTS) is 1. The van der Waals surface area contributed by atoms with Gasteiger partial charge < -0.3 is 25.2 Å². The number of ether oxygens (including phenoxy) is 2. The van der Waals surface area contributed by atoms with Gasteiger partial charge in [-0.15, -0.1) is 0 Å². The number of carbonyl (C=O) groups excluding carboxylic acids is 2. The topological polar surface area (TPSA) is 114 Å². The highest BCUT2D eigenvalue weighted by Gasteiger charge is 2.51. The Morgan fingerprint density at radius 2 is 1.74 bits per heavy atom. The lowest BCUT2D eigenvalue weighted by molar-refractivity contribution is -0.150. The van der Waals surface area contributed by atoms with Crippen LogP contribution in [0.3, 0.4) is 0 Å². The van der Waals surface area contributed by atoms with Crippen molar-refractivity contribution < 1.29 is 29.0 Å². The van der Waals surface area contributed by atoms with Gasteiger partial charge in [-0.2, -0.15) is 0 Å². The van der Waals surface area contributed by atoms with Gasteiger partial charge in [-0.25, -0.2) is 0 Å². The number of aliphatic carboxylic acids is 1. The molecule has 4 fully saturated rings. The molecule has 2 amide bonds. The molecule has 4 aliphatic rings. The van der Waals surface area contributed by atoms with Crippen LogP contribution in [0.1, 0.15) is 88.4 Å². The lowest BCUT2D eigenvalue weighted by Crippen LogP contribution is -2.51. The number of rotatable bonds is 9. The molecule has 0 spiro atoms. The highest BCUT2D eigenvalue weighted by atomic mass is 35.5. The molecule has 4 aliphatic carbocycles. The first-order valence-corrected chi connectivity index (χ1v) is 14.8. The Kier molecular flexibility index (Phi) is 7.79. The minimum atomic E-state index is -0.780. The van der Waals surface area contributed by atoms with Crippen LogP contribution >= 0.6 is 11.6 Å². The van der Waals surface area contributed by atoms with Crippen molar-refractivity contribution in [3.8, 4) is 11.5 Å². The average Bonchev–Trinajstić information content (AvgIpc) is 3.49. The summed E-state index contributed by atoms with van der Waals surface area (Å²) in [6.07, 6.45) is 8.59. The lowest BCUT2D eigenvalue weighted by atomic mass is 9.70. The number of benzene rings is 1. The summed E-state index contributed by atoms with van der Waals surface area (Å²) >= 11 is 6.52. The van der Waals surface area contributed by atoms with E-state index in [0.29, 0.717) is 38.0 Å². The molecule has 214 valence electrons. The van der Waals surface area contributed by atoms with E-state index < -0.39 is 11.4 Å². The molecule has 0 aromatic heterocycles. The van der Waals surface area contributed by atoms with E-state index >= 15 is 0 Å². The zero-order valence-corrected chi connectivity index (χ0v) is 23.9. The molecule has 0 radical (unpaired) electrons.